The van der Waals surface area contributed by atoms with Gasteiger partial charge in [0.2, 0.25) is 0 Å². The summed E-state index contributed by atoms with van der Waals surface area (Å²) in [5, 5.41) is 9.26. The minimum atomic E-state index is -0.595. The maximum absolute atomic E-state index is 13.4. The lowest BCUT2D eigenvalue weighted by molar-refractivity contribution is 0.0599. The molecular formula is C14H17ClFNO2. The monoisotopic (exact) mass is 285 g/mol. The lowest BCUT2D eigenvalue weighted by atomic mass is 10.1. The van der Waals surface area contributed by atoms with Crippen LogP contribution in [0.25, 0.3) is 0 Å². The minimum absolute atomic E-state index is 0.0708. The third-order valence-electron chi connectivity index (χ3n) is 3.53. The minimum Gasteiger partial charge on any atom is -0.394 e. The molecule has 1 aliphatic heterocycles. The normalized spacial score (nSPS) is 20.2. The molecule has 0 saturated carbocycles. The lowest BCUT2D eigenvalue weighted by Gasteiger charge is -2.29. The summed E-state index contributed by atoms with van der Waals surface area (Å²) in [6.07, 6.45) is 3.70. The molecule has 1 amide bonds. The SMILES string of the molecule is O=C(c1cccc(F)c1Cl)N1CCCCCC1CO. The summed E-state index contributed by atoms with van der Waals surface area (Å²) in [7, 11) is 0. The Morgan fingerprint density at radius 3 is 2.95 bits per heavy atom. The molecule has 1 fully saturated rings. The predicted octanol–water partition coefficient (Wildman–Crippen LogP) is 2.86. The topological polar surface area (TPSA) is 40.5 Å². The van der Waals surface area contributed by atoms with Crippen molar-refractivity contribution in [2.24, 2.45) is 0 Å². The van der Waals surface area contributed by atoms with Crippen molar-refractivity contribution in [1.29, 1.82) is 0 Å². The van der Waals surface area contributed by atoms with Crippen LogP contribution in [-0.2, 0) is 0 Å². The van der Waals surface area contributed by atoms with Gasteiger partial charge in [0.25, 0.3) is 5.91 Å². The average Bonchev–Trinajstić information content (AvgIpc) is 2.66. The standard InChI is InChI=1S/C14H17ClFNO2/c15-13-11(6-4-7-12(13)16)14(19)17-8-3-1-2-5-10(17)9-18/h4,6-7,10,18H,1-3,5,8-9H2. The lowest BCUT2D eigenvalue weighted by Crippen LogP contribution is -2.42. The molecular weight excluding hydrogens is 269 g/mol. The molecule has 2 rings (SSSR count). The number of rotatable bonds is 2. The number of carbonyl (C=O) groups excluding carboxylic acids is 1. The molecule has 1 saturated heterocycles. The van der Waals surface area contributed by atoms with Gasteiger partial charge in [0.1, 0.15) is 5.82 Å². The zero-order valence-corrected chi connectivity index (χ0v) is 11.4. The van der Waals surface area contributed by atoms with Crippen molar-refractivity contribution in [3.8, 4) is 0 Å². The van der Waals surface area contributed by atoms with Crippen molar-refractivity contribution in [3.05, 3.63) is 34.6 Å². The number of aliphatic hydroxyl groups excluding tert-OH is 1. The summed E-state index contributed by atoms with van der Waals surface area (Å²) < 4.78 is 13.4. The Balaban J connectivity index is 2.28. The molecule has 0 aromatic heterocycles. The molecule has 1 heterocycles. The number of halogens is 2. The molecule has 1 atom stereocenters. The Bertz CT molecular complexity index is 467. The second-order valence-corrected chi connectivity index (χ2v) is 5.16. The van der Waals surface area contributed by atoms with Gasteiger partial charge < -0.3 is 10.0 Å². The van der Waals surface area contributed by atoms with Crippen LogP contribution in [0.3, 0.4) is 0 Å². The van der Waals surface area contributed by atoms with Crippen molar-refractivity contribution in [2.75, 3.05) is 13.2 Å². The van der Waals surface area contributed by atoms with E-state index in [1.807, 2.05) is 0 Å². The second kappa shape index (κ2) is 6.35. The molecule has 0 bridgehead atoms. The highest BCUT2D eigenvalue weighted by Crippen LogP contribution is 2.24. The van der Waals surface area contributed by atoms with E-state index in [1.54, 1.807) is 4.90 Å². The number of hydrogen-bond donors (Lipinski definition) is 1. The van der Waals surface area contributed by atoms with Gasteiger partial charge in [0.15, 0.2) is 0 Å². The molecule has 0 aliphatic carbocycles. The number of amides is 1. The van der Waals surface area contributed by atoms with E-state index in [1.165, 1.54) is 18.2 Å². The second-order valence-electron chi connectivity index (χ2n) is 4.79. The van der Waals surface area contributed by atoms with Crippen LogP contribution in [0.15, 0.2) is 18.2 Å². The van der Waals surface area contributed by atoms with Gasteiger partial charge in [-0.15, -0.1) is 0 Å². The first-order chi connectivity index (χ1) is 9.15. The van der Waals surface area contributed by atoms with Crippen LogP contribution in [-0.4, -0.2) is 35.1 Å². The number of likely N-dealkylation sites (tertiary alicyclic amines) is 1. The smallest absolute Gasteiger partial charge is 0.255 e. The van der Waals surface area contributed by atoms with E-state index < -0.39 is 5.82 Å². The van der Waals surface area contributed by atoms with E-state index in [9.17, 15) is 14.3 Å². The van der Waals surface area contributed by atoms with Crippen molar-refractivity contribution < 1.29 is 14.3 Å². The number of carbonyl (C=O) groups is 1. The van der Waals surface area contributed by atoms with Gasteiger partial charge in [-0.1, -0.05) is 30.5 Å². The van der Waals surface area contributed by atoms with Gasteiger partial charge in [0.05, 0.1) is 23.2 Å². The molecule has 104 valence electrons. The first-order valence-corrected chi connectivity index (χ1v) is 6.88. The van der Waals surface area contributed by atoms with Gasteiger partial charge in [-0.05, 0) is 25.0 Å². The highest BCUT2D eigenvalue weighted by Gasteiger charge is 2.27. The average molecular weight is 286 g/mol. The van der Waals surface area contributed by atoms with Crippen LogP contribution in [0.4, 0.5) is 4.39 Å². The zero-order valence-electron chi connectivity index (χ0n) is 10.6. The highest BCUT2D eigenvalue weighted by molar-refractivity contribution is 6.34. The van der Waals surface area contributed by atoms with Crippen molar-refractivity contribution >= 4 is 17.5 Å². The van der Waals surface area contributed by atoms with Crippen LogP contribution in [0, 0.1) is 5.82 Å². The molecule has 1 unspecified atom stereocenters. The summed E-state index contributed by atoms with van der Waals surface area (Å²) >= 11 is 5.85. The Morgan fingerprint density at radius 2 is 2.21 bits per heavy atom. The van der Waals surface area contributed by atoms with Gasteiger partial charge in [0, 0.05) is 6.54 Å². The summed E-state index contributed by atoms with van der Waals surface area (Å²) in [5.74, 6) is -0.895. The van der Waals surface area contributed by atoms with E-state index >= 15 is 0 Å². The highest BCUT2D eigenvalue weighted by atomic mass is 35.5. The molecule has 1 N–H and O–H groups in total. The summed E-state index contributed by atoms with van der Waals surface area (Å²) in [4.78, 5) is 14.1. The van der Waals surface area contributed by atoms with Crippen LogP contribution < -0.4 is 0 Å². The molecule has 1 aliphatic rings. The van der Waals surface area contributed by atoms with Crippen molar-refractivity contribution in [2.45, 2.75) is 31.7 Å². The molecule has 0 spiro atoms. The zero-order chi connectivity index (χ0) is 13.8. The Morgan fingerprint density at radius 1 is 1.42 bits per heavy atom. The predicted molar refractivity (Wildman–Crippen MR) is 71.8 cm³/mol. The van der Waals surface area contributed by atoms with Crippen LogP contribution in [0.5, 0.6) is 0 Å². The first kappa shape index (κ1) is 14.3. The van der Waals surface area contributed by atoms with Crippen LogP contribution in [0.2, 0.25) is 5.02 Å². The summed E-state index contributed by atoms with van der Waals surface area (Å²) in [5.41, 5.74) is 0.169. The Kier molecular flexibility index (Phi) is 4.77. The van der Waals surface area contributed by atoms with Crippen molar-refractivity contribution in [3.63, 3.8) is 0 Å². The van der Waals surface area contributed by atoms with Crippen molar-refractivity contribution in [1.82, 2.24) is 4.90 Å². The van der Waals surface area contributed by atoms with E-state index in [2.05, 4.69) is 0 Å². The Labute approximate surface area is 117 Å². The van der Waals surface area contributed by atoms with Gasteiger partial charge in [-0.25, -0.2) is 4.39 Å². The van der Waals surface area contributed by atoms with E-state index in [4.69, 9.17) is 11.6 Å². The van der Waals surface area contributed by atoms with Gasteiger partial charge in [-0.2, -0.15) is 0 Å². The van der Waals surface area contributed by atoms with E-state index in [0.29, 0.717) is 6.54 Å². The summed E-state index contributed by atoms with van der Waals surface area (Å²) in [6.45, 7) is 0.510. The number of nitrogens with zero attached hydrogens (tertiary/aromatic N) is 1. The molecule has 19 heavy (non-hydrogen) atoms. The largest absolute Gasteiger partial charge is 0.394 e. The van der Waals surface area contributed by atoms with Gasteiger partial charge >= 0.3 is 0 Å². The number of benzene rings is 1. The van der Waals surface area contributed by atoms with Crippen LogP contribution in [0.1, 0.15) is 36.0 Å². The maximum atomic E-state index is 13.4. The van der Waals surface area contributed by atoms with Crippen LogP contribution >= 0.6 is 11.6 Å². The maximum Gasteiger partial charge on any atom is 0.255 e. The fourth-order valence-electron chi connectivity index (χ4n) is 2.46. The number of hydrogen-bond acceptors (Lipinski definition) is 2. The molecule has 1 aromatic rings. The molecule has 0 radical (unpaired) electrons. The first-order valence-electron chi connectivity index (χ1n) is 6.51. The van der Waals surface area contributed by atoms with E-state index in [-0.39, 0.29) is 29.1 Å². The van der Waals surface area contributed by atoms with Gasteiger partial charge in [-0.3, -0.25) is 4.79 Å². The fraction of sp³-hybridized carbons (Fsp3) is 0.500. The Hall–Kier alpha value is -1.13. The quantitative estimate of drug-likeness (QED) is 0.908. The molecule has 5 heteroatoms. The number of aliphatic hydroxyl groups is 1. The fourth-order valence-corrected chi connectivity index (χ4v) is 2.67. The van der Waals surface area contributed by atoms with E-state index in [0.717, 1.165) is 25.7 Å². The third-order valence-corrected chi connectivity index (χ3v) is 3.91. The third kappa shape index (κ3) is 3.07. The summed E-state index contributed by atoms with van der Waals surface area (Å²) in [6, 6.07) is 4.02. The molecule has 3 nitrogen and oxygen atoms in total. The molecule has 1 aromatic carbocycles.